The van der Waals surface area contributed by atoms with E-state index in [1.165, 1.54) is 9.75 Å². The van der Waals surface area contributed by atoms with Crippen LogP contribution in [0.4, 0.5) is 5.82 Å². The third kappa shape index (κ3) is 1.45. The van der Waals surface area contributed by atoms with Crippen LogP contribution < -0.4 is 5.73 Å². The molecule has 0 amide bonds. The van der Waals surface area contributed by atoms with Crippen molar-refractivity contribution in [1.82, 2.24) is 5.16 Å². The van der Waals surface area contributed by atoms with E-state index in [1.54, 1.807) is 17.4 Å². The molecule has 0 saturated heterocycles. The molecule has 0 unspecified atom stereocenters. The quantitative estimate of drug-likeness (QED) is 0.759. The number of hydrogen-bond donors (Lipinski definition) is 1. The summed E-state index contributed by atoms with van der Waals surface area (Å²) in [6, 6.07) is 3.83. The van der Waals surface area contributed by atoms with Crippen molar-refractivity contribution in [2.45, 2.75) is 13.8 Å². The second-order valence-electron chi connectivity index (χ2n) is 2.94. The standard InChI is InChI=1S/C9H10N2OS/c1-5-3-7(6(2)13-5)8-4-9(10)11-12-8/h3-4H,1-2H3,(H2,10,11). The molecule has 68 valence electrons. The molecule has 0 bridgehead atoms. The van der Waals surface area contributed by atoms with Crippen molar-refractivity contribution in [2.24, 2.45) is 0 Å². The number of nitrogens with two attached hydrogens (primary N) is 1. The Labute approximate surface area is 80.2 Å². The van der Waals surface area contributed by atoms with Crippen molar-refractivity contribution >= 4 is 17.2 Å². The van der Waals surface area contributed by atoms with Gasteiger partial charge in [0.05, 0.1) is 0 Å². The van der Waals surface area contributed by atoms with Crippen LogP contribution in [0.15, 0.2) is 16.7 Å². The van der Waals surface area contributed by atoms with Crippen LogP contribution >= 0.6 is 11.3 Å². The molecule has 0 atom stereocenters. The minimum Gasteiger partial charge on any atom is -0.381 e. The van der Waals surface area contributed by atoms with Crippen LogP contribution in [-0.2, 0) is 0 Å². The van der Waals surface area contributed by atoms with Crippen LogP contribution in [0.5, 0.6) is 0 Å². The predicted molar refractivity (Wildman–Crippen MR) is 53.7 cm³/mol. The molecular weight excluding hydrogens is 184 g/mol. The lowest BCUT2D eigenvalue weighted by Gasteiger charge is -1.89. The highest BCUT2D eigenvalue weighted by atomic mass is 32.1. The fourth-order valence-corrected chi connectivity index (χ4v) is 2.22. The molecule has 2 rings (SSSR count). The van der Waals surface area contributed by atoms with E-state index in [4.69, 9.17) is 10.3 Å². The maximum atomic E-state index is 5.47. The molecule has 0 aliphatic carbocycles. The van der Waals surface area contributed by atoms with E-state index in [-0.39, 0.29) is 0 Å². The third-order valence-corrected chi connectivity index (χ3v) is 2.80. The lowest BCUT2D eigenvalue weighted by Crippen LogP contribution is -1.79. The molecule has 2 heterocycles. The first kappa shape index (κ1) is 8.31. The Bertz CT molecular complexity index is 431. The summed E-state index contributed by atoms with van der Waals surface area (Å²) in [6.07, 6.45) is 0. The number of rotatable bonds is 1. The third-order valence-electron chi connectivity index (χ3n) is 1.83. The highest BCUT2D eigenvalue weighted by molar-refractivity contribution is 7.12. The summed E-state index contributed by atoms with van der Waals surface area (Å²) >= 11 is 1.74. The monoisotopic (exact) mass is 194 g/mol. The van der Waals surface area contributed by atoms with Gasteiger partial charge in [-0.05, 0) is 19.9 Å². The fourth-order valence-electron chi connectivity index (χ4n) is 1.29. The number of thiophene rings is 1. The first-order valence-corrected chi connectivity index (χ1v) is 4.78. The van der Waals surface area contributed by atoms with Crippen molar-refractivity contribution in [3.63, 3.8) is 0 Å². The Morgan fingerprint density at radius 2 is 2.15 bits per heavy atom. The summed E-state index contributed by atoms with van der Waals surface area (Å²) in [6.45, 7) is 4.13. The maximum absolute atomic E-state index is 5.47. The van der Waals surface area contributed by atoms with Gasteiger partial charge < -0.3 is 10.3 Å². The second-order valence-corrected chi connectivity index (χ2v) is 4.40. The van der Waals surface area contributed by atoms with Gasteiger partial charge in [-0.3, -0.25) is 0 Å². The van der Waals surface area contributed by atoms with Gasteiger partial charge in [0.15, 0.2) is 11.6 Å². The molecule has 0 spiro atoms. The zero-order chi connectivity index (χ0) is 9.42. The summed E-state index contributed by atoms with van der Waals surface area (Å²) in [5.41, 5.74) is 6.56. The summed E-state index contributed by atoms with van der Waals surface area (Å²) in [7, 11) is 0. The van der Waals surface area contributed by atoms with Crippen LogP contribution in [0.2, 0.25) is 0 Å². The number of nitrogens with zero attached hydrogens (tertiary/aromatic N) is 1. The van der Waals surface area contributed by atoms with Crippen LogP contribution in [0.1, 0.15) is 9.75 Å². The minimum absolute atomic E-state index is 0.429. The molecule has 0 radical (unpaired) electrons. The lowest BCUT2D eigenvalue weighted by molar-refractivity contribution is 0.436. The van der Waals surface area contributed by atoms with Gasteiger partial charge in [0, 0.05) is 21.4 Å². The minimum atomic E-state index is 0.429. The highest BCUT2D eigenvalue weighted by Crippen LogP contribution is 2.31. The van der Waals surface area contributed by atoms with Gasteiger partial charge in [-0.1, -0.05) is 5.16 Å². The van der Waals surface area contributed by atoms with E-state index in [0.717, 1.165) is 11.3 Å². The van der Waals surface area contributed by atoms with Crippen molar-refractivity contribution < 1.29 is 4.52 Å². The molecular formula is C9H10N2OS. The Morgan fingerprint density at radius 1 is 1.38 bits per heavy atom. The Morgan fingerprint density at radius 3 is 2.62 bits per heavy atom. The van der Waals surface area contributed by atoms with Crippen LogP contribution in [0.25, 0.3) is 11.3 Å². The number of nitrogen functional groups attached to an aromatic ring is 1. The molecule has 3 nitrogen and oxygen atoms in total. The molecule has 4 heteroatoms. The predicted octanol–water partition coefficient (Wildman–Crippen LogP) is 2.60. The molecule has 0 saturated carbocycles. The first-order chi connectivity index (χ1) is 6.16. The first-order valence-electron chi connectivity index (χ1n) is 3.96. The molecule has 2 N–H and O–H groups in total. The summed E-state index contributed by atoms with van der Waals surface area (Å²) in [5, 5.41) is 3.65. The van der Waals surface area contributed by atoms with Gasteiger partial charge in [-0.15, -0.1) is 11.3 Å². The van der Waals surface area contributed by atoms with Gasteiger partial charge in [-0.2, -0.15) is 0 Å². The number of aromatic nitrogens is 1. The van der Waals surface area contributed by atoms with Gasteiger partial charge in [0.25, 0.3) is 0 Å². The molecule has 0 fully saturated rings. The number of aryl methyl sites for hydroxylation is 2. The maximum Gasteiger partial charge on any atom is 0.170 e. The second kappa shape index (κ2) is 2.88. The van der Waals surface area contributed by atoms with E-state index < -0.39 is 0 Å². The van der Waals surface area contributed by atoms with E-state index >= 15 is 0 Å². The number of anilines is 1. The topological polar surface area (TPSA) is 52.0 Å². The van der Waals surface area contributed by atoms with E-state index in [2.05, 4.69) is 25.1 Å². The van der Waals surface area contributed by atoms with Gasteiger partial charge in [0.2, 0.25) is 0 Å². The molecule has 2 aromatic heterocycles. The average molecular weight is 194 g/mol. The van der Waals surface area contributed by atoms with Gasteiger partial charge >= 0.3 is 0 Å². The molecule has 0 aliphatic rings. The van der Waals surface area contributed by atoms with Gasteiger partial charge in [0.1, 0.15) is 0 Å². The Hall–Kier alpha value is -1.29. The largest absolute Gasteiger partial charge is 0.381 e. The van der Waals surface area contributed by atoms with Crippen molar-refractivity contribution in [3.05, 3.63) is 21.9 Å². The van der Waals surface area contributed by atoms with E-state index in [0.29, 0.717) is 5.82 Å². The normalized spacial score (nSPS) is 10.6. The van der Waals surface area contributed by atoms with Crippen molar-refractivity contribution in [1.29, 1.82) is 0 Å². The number of hydrogen-bond acceptors (Lipinski definition) is 4. The Balaban J connectivity index is 2.51. The zero-order valence-corrected chi connectivity index (χ0v) is 8.31. The molecule has 0 aromatic carbocycles. The summed E-state index contributed by atoms with van der Waals surface area (Å²) in [5.74, 6) is 1.18. The lowest BCUT2D eigenvalue weighted by atomic mass is 10.2. The van der Waals surface area contributed by atoms with Gasteiger partial charge in [-0.25, -0.2) is 0 Å². The van der Waals surface area contributed by atoms with Crippen LogP contribution in [-0.4, -0.2) is 5.16 Å². The highest BCUT2D eigenvalue weighted by Gasteiger charge is 2.09. The molecule has 0 aliphatic heterocycles. The smallest absolute Gasteiger partial charge is 0.170 e. The summed E-state index contributed by atoms with van der Waals surface area (Å²) in [4.78, 5) is 2.50. The molecule has 2 aromatic rings. The Kier molecular flexibility index (Phi) is 1.84. The average Bonchev–Trinajstić information content (AvgIpc) is 2.58. The van der Waals surface area contributed by atoms with Crippen molar-refractivity contribution in [2.75, 3.05) is 5.73 Å². The summed E-state index contributed by atoms with van der Waals surface area (Å²) < 4.78 is 5.08. The molecule has 13 heavy (non-hydrogen) atoms. The van der Waals surface area contributed by atoms with E-state index in [9.17, 15) is 0 Å². The van der Waals surface area contributed by atoms with E-state index in [1.807, 2.05) is 0 Å². The van der Waals surface area contributed by atoms with Crippen molar-refractivity contribution in [3.8, 4) is 11.3 Å². The van der Waals surface area contributed by atoms with Crippen LogP contribution in [0, 0.1) is 13.8 Å². The SMILES string of the molecule is Cc1cc(-c2cc(N)no2)c(C)s1. The fraction of sp³-hybridized carbons (Fsp3) is 0.222. The zero-order valence-electron chi connectivity index (χ0n) is 7.50. The van der Waals surface area contributed by atoms with Crippen LogP contribution in [0.3, 0.4) is 0 Å².